The fourth-order valence-corrected chi connectivity index (χ4v) is 15.6. The summed E-state index contributed by atoms with van der Waals surface area (Å²) in [4.78, 5) is 0. The van der Waals surface area contributed by atoms with Crippen LogP contribution in [0, 0.1) is 21.7 Å². The van der Waals surface area contributed by atoms with Gasteiger partial charge in [0.1, 0.15) is 20.7 Å². The van der Waals surface area contributed by atoms with Crippen LogP contribution in [0.3, 0.4) is 0 Å². The molecule has 2 aromatic rings. The van der Waals surface area contributed by atoms with E-state index in [9.17, 15) is 0 Å². The molecule has 49 heavy (non-hydrogen) atoms. The van der Waals surface area contributed by atoms with Crippen LogP contribution >= 0.6 is 0 Å². The first-order valence-electron chi connectivity index (χ1n) is 18.9. The van der Waals surface area contributed by atoms with E-state index in [1.807, 2.05) is 0 Å². The summed E-state index contributed by atoms with van der Waals surface area (Å²) in [5.74, 6) is 0.470. The van der Waals surface area contributed by atoms with Gasteiger partial charge in [0.25, 0.3) is 0 Å². The highest BCUT2D eigenvalue weighted by atomic mass is 28.3. The first-order valence-corrected chi connectivity index (χ1v) is 29.8. The lowest BCUT2D eigenvalue weighted by Gasteiger charge is -2.43. The van der Waals surface area contributed by atoms with Crippen molar-refractivity contribution in [2.45, 2.75) is 133 Å². The molecule has 0 saturated heterocycles. The highest BCUT2D eigenvalue weighted by molar-refractivity contribution is 7.01. The van der Waals surface area contributed by atoms with Gasteiger partial charge >= 0.3 is 0 Å². The van der Waals surface area contributed by atoms with Crippen LogP contribution in [0.5, 0.6) is 0 Å². The van der Waals surface area contributed by atoms with Crippen LogP contribution in [0.2, 0.25) is 39.3 Å². The Bertz CT molecular complexity index is 1420. The Hall–Kier alpha value is -1.16. The predicted molar refractivity (Wildman–Crippen MR) is 227 cm³/mol. The van der Waals surface area contributed by atoms with E-state index in [0.717, 1.165) is 0 Å². The molecule has 2 aromatic carbocycles. The number of hydrogen-bond donors (Lipinski definition) is 0. The molecular weight excluding hydrogens is 685 g/mol. The summed E-state index contributed by atoms with van der Waals surface area (Å²) >= 11 is 0. The standard InChI is InChI=1S/C40H68O4Si5/c1-37(2,3)29-23-27-25(33(29)39(7,8)35(41-45-11)42-46-12)19-17-21-31(27)49(15,16)32-22-18-20-26-28(32)24-30(38(4,5)6)34(26)40(9,10)36(43-47-13)44-48-14/h17-24,33-36H,45-48H2,1-16H3. The first-order chi connectivity index (χ1) is 22.7. The van der Waals surface area contributed by atoms with Gasteiger partial charge < -0.3 is 17.7 Å². The van der Waals surface area contributed by atoms with Crippen LogP contribution in [0.4, 0.5) is 0 Å². The SMILES string of the molecule is C[SiH2]OC(O[SiH2]C)C(C)(C)C1C(C(C)(C)C)=Cc2c1cccc2[Si](C)(C)c1cccc2c1C=C(C(C)(C)C)C2C(C)(C)C(O[SiH2]C)O[SiH2]C. The average Bonchev–Trinajstić information content (AvgIpc) is 3.61. The molecule has 0 fully saturated rings. The van der Waals surface area contributed by atoms with Gasteiger partial charge in [-0.1, -0.05) is 168 Å². The molecule has 2 aliphatic rings. The molecule has 272 valence electrons. The minimum Gasteiger partial charge on any atom is -0.400 e. The van der Waals surface area contributed by atoms with Crippen molar-refractivity contribution in [1.29, 1.82) is 0 Å². The summed E-state index contributed by atoms with van der Waals surface area (Å²) in [6.45, 7) is 37.8. The van der Waals surface area contributed by atoms with Crippen molar-refractivity contribution >= 4 is 69.7 Å². The fourth-order valence-electron chi connectivity index (χ4n) is 8.77. The minimum atomic E-state index is -2.23. The minimum absolute atomic E-state index is 0.0162. The van der Waals surface area contributed by atoms with Crippen molar-refractivity contribution in [2.24, 2.45) is 21.7 Å². The van der Waals surface area contributed by atoms with Crippen LogP contribution in [0.25, 0.3) is 12.2 Å². The molecule has 4 rings (SSSR count). The van der Waals surface area contributed by atoms with Gasteiger partial charge in [0, 0.05) is 22.7 Å². The second-order valence-electron chi connectivity index (χ2n) is 17.9. The Morgan fingerprint density at radius 1 is 0.531 bits per heavy atom. The van der Waals surface area contributed by atoms with E-state index in [-0.39, 0.29) is 46.1 Å². The van der Waals surface area contributed by atoms with Crippen molar-refractivity contribution in [3.63, 3.8) is 0 Å². The molecule has 0 aromatic heterocycles. The van der Waals surface area contributed by atoms with Crippen molar-refractivity contribution in [3.05, 3.63) is 69.8 Å². The number of allylic oxidation sites excluding steroid dienone is 2. The maximum absolute atomic E-state index is 6.49. The molecule has 0 bridgehead atoms. The lowest BCUT2D eigenvalue weighted by Crippen LogP contribution is -2.55. The van der Waals surface area contributed by atoms with E-state index in [4.69, 9.17) is 17.7 Å². The van der Waals surface area contributed by atoms with Gasteiger partial charge in [0.05, 0.1) is 0 Å². The number of hydrogen-bond acceptors (Lipinski definition) is 4. The number of fused-ring (bicyclic) bond motifs is 2. The van der Waals surface area contributed by atoms with Crippen LogP contribution < -0.4 is 10.4 Å². The van der Waals surface area contributed by atoms with E-state index >= 15 is 0 Å². The van der Waals surface area contributed by atoms with E-state index in [2.05, 4.69) is 157 Å². The molecule has 0 N–H and O–H groups in total. The zero-order valence-electron chi connectivity index (χ0n) is 33.9. The molecule has 0 saturated carbocycles. The molecule has 0 heterocycles. The largest absolute Gasteiger partial charge is 0.400 e. The summed E-state index contributed by atoms with van der Waals surface area (Å²) in [6, 6.07) is 14.3. The van der Waals surface area contributed by atoms with Gasteiger partial charge in [-0.2, -0.15) is 0 Å². The Labute approximate surface area is 310 Å². The van der Waals surface area contributed by atoms with Crippen molar-refractivity contribution < 1.29 is 17.7 Å². The molecule has 2 aliphatic carbocycles. The molecule has 0 amide bonds. The summed E-state index contributed by atoms with van der Waals surface area (Å²) < 4.78 is 26.0. The second kappa shape index (κ2) is 15.1. The topological polar surface area (TPSA) is 36.9 Å². The Kier molecular flexibility index (Phi) is 12.5. The molecule has 2 atom stereocenters. The van der Waals surface area contributed by atoms with Gasteiger partial charge in [-0.3, -0.25) is 0 Å². The van der Waals surface area contributed by atoms with E-state index in [0.29, 0.717) is 0 Å². The van der Waals surface area contributed by atoms with E-state index < -0.39 is 47.1 Å². The summed E-state index contributed by atoms with van der Waals surface area (Å²) in [7, 11) is -4.75. The average molecular weight is 753 g/mol. The first kappa shape index (κ1) is 40.6. The molecule has 0 spiro atoms. The third-order valence-corrected chi connectivity index (χ3v) is 17.3. The maximum Gasteiger partial charge on any atom is 0.161 e. The summed E-state index contributed by atoms with van der Waals surface area (Å²) in [5.41, 5.74) is 8.42. The third-order valence-electron chi connectivity index (χ3n) is 11.2. The summed E-state index contributed by atoms with van der Waals surface area (Å²) in [6.07, 6.45) is 4.81. The Morgan fingerprint density at radius 3 is 1.10 bits per heavy atom. The van der Waals surface area contributed by atoms with Crippen molar-refractivity contribution in [2.75, 3.05) is 0 Å². The highest BCUT2D eigenvalue weighted by Gasteiger charge is 2.50. The molecule has 0 aliphatic heterocycles. The Morgan fingerprint density at radius 2 is 0.837 bits per heavy atom. The maximum atomic E-state index is 6.49. The van der Waals surface area contributed by atoms with Crippen LogP contribution in [0.1, 0.15) is 103 Å². The quantitative estimate of drug-likeness (QED) is 0.156. The number of rotatable bonds is 14. The van der Waals surface area contributed by atoms with Crippen LogP contribution in [-0.4, -0.2) is 59.7 Å². The van der Waals surface area contributed by atoms with Gasteiger partial charge in [0.2, 0.25) is 0 Å². The summed E-state index contributed by atoms with van der Waals surface area (Å²) in [5, 5.41) is 3.05. The molecule has 2 unspecified atom stereocenters. The molecule has 4 nitrogen and oxygen atoms in total. The zero-order chi connectivity index (χ0) is 36.7. The van der Waals surface area contributed by atoms with E-state index in [1.165, 1.54) is 43.8 Å². The van der Waals surface area contributed by atoms with Gasteiger partial charge in [-0.05, 0) is 43.5 Å². The van der Waals surface area contributed by atoms with Crippen LogP contribution in [0.15, 0.2) is 47.5 Å². The van der Waals surface area contributed by atoms with Gasteiger partial charge in [-0.25, -0.2) is 0 Å². The normalized spacial score (nSPS) is 20.7. The predicted octanol–water partition coefficient (Wildman–Crippen LogP) is 6.86. The molecule has 0 radical (unpaired) electrons. The van der Waals surface area contributed by atoms with Crippen molar-refractivity contribution in [1.82, 2.24) is 0 Å². The zero-order valence-corrected chi connectivity index (χ0v) is 40.5. The molecular formula is C40H68O4Si5. The smallest absolute Gasteiger partial charge is 0.161 e. The lowest BCUT2D eigenvalue weighted by molar-refractivity contribution is -0.0871. The second-order valence-corrected chi connectivity index (χ2v) is 25.9. The van der Waals surface area contributed by atoms with E-state index in [1.54, 1.807) is 0 Å². The van der Waals surface area contributed by atoms with Gasteiger partial charge in [0.15, 0.2) is 39.1 Å². The highest BCUT2D eigenvalue weighted by Crippen LogP contribution is 2.56. The van der Waals surface area contributed by atoms with Crippen LogP contribution in [-0.2, 0) is 17.7 Å². The lowest BCUT2D eigenvalue weighted by atomic mass is 9.66. The third kappa shape index (κ3) is 7.67. The molecule has 9 heteroatoms. The van der Waals surface area contributed by atoms with Crippen molar-refractivity contribution in [3.8, 4) is 0 Å². The number of benzene rings is 2. The Balaban J connectivity index is 1.94. The van der Waals surface area contributed by atoms with Gasteiger partial charge in [-0.15, -0.1) is 0 Å². The fraction of sp³-hybridized carbons (Fsp3) is 0.600. The monoisotopic (exact) mass is 752 g/mol.